The maximum atomic E-state index is 6.03. The van der Waals surface area contributed by atoms with Gasteiger partial charge in [-0.2, -0.15) is 0 Å². The number of hydrogen-bond donors (Lipinski definition) is 0. The van der Waals surface area contributed by atoms with Crippen LogP contribution in [0.1, 0.15) is 102 Å². The molecule has 1 heterocycles. The van der Waals surface area contributed by atoms with Crippen LogP contribution in [0.2, 0.25) is 0 Å². The molecule has 0 N–H and O–H groups in total. The smallest absolute Gasteiger partial charge is 0.119 e. The number of rotatable bonds is 18. The largest absolute Gasteiger partial charge is 0.494 e. The van der Waals surface area contributed by atoms with Crippen molar-refractivity contribution in [1.29, 1.82) is 0 Å². The Labute approximate surface area is 229 Å². The van der Waals surface area contributed by atoms with E-state index in [4.69, 9.17) is 9.47 Å². The average molecular weight is 529 g/mol. The lowest BCUT2D eigenvalue weighted by Crippen LogP contribution is -2.25. The number of thioether (sulfide) groups is 2. The van der Waals surface area contributed by atoms with E-state index in [2.05, 4.69) is 85.9 Å². The predicted octanol–water partition coefficient (Wildman–Crippen LogP) is 10.0. The summed E-state index contributed by atoms with van der Waals surface area (Å²) in [5.41, 5.74) is 2.80. The minimum atomic E-state index is 0.0811. The third-order valence-corrected chi connectivity index (χ3v) is 10.3. The van der Waals surface area contributed by atoms with Crippen LogP contribution in [-0.4, -0.2) is 24.7 Å². The second-order valence-corrected chi connectivity index (χ2v) is 13.1. The molecule has 4 heteroatoms. The van der Waals surface area contributed by atoms with Crippen LogP contribution in [0.5, 0.6) is 11.5 Å². The van der Waals surface area contributed by atoms with Gasteiger partial charge in [-0.05, 0) is 66.2 Å². The fourth-order valence-electron chi connectivity index (χ4n) is 4.69. The molecule has 0 spiro atoms. The Morgan fingerprint density at radius 3 is 1.61 bits per heavy atom. The normalized spacial score (nSPS) is 15.1. The van der Waals surface area contributed by atoms with Crippen LogP contribution >= 0.6 is 23.5 Å². The lowest BCUT2D eigenvalue weighted by Gasteiger charge is -2.37. The molecule has 0 amide bonds. The second kappa shape index (κ2) is 17.3. The van der Waals surface area contributed by atoms with Gasteiger partial charge in [0.05, 0.1) is 17.3 Å². The van der Waals surface area contributed by atoms with Crippen LogP contribution in [0.4, 0.5) is 0 Å². The van der Waals surface area contributed by atoms with Gasteiger partial charge in [-0.15, -0.1) is 23.5 Å². The van der Waals surface area contributed by atoms with Gasteiger partial charge in [0.25, 0.3) is 0 Å². The van der Waals surface area contributed by atoms with Gasteiger partial charge in [-0.25, -0.2) is 0 Å². The minimum Gasteiger partial charge on any atom is -0.494 e. The van der Waals surface area contributed by atoms with Gasteiger partial charge in [0.1, 0.15) is 11.5 Å². The van der Waals surface area contributed by atoms with Crippen molar-refractivity contribution < 1.29 is 9.47 Å². The molecule has 1 aliphatic heterocycles. The maximum absolute atomic E-state index is 6.03. The van der Waals surface area contributed by atoms with Gasteiger partial charge in [-0.1, -0.05) is 95.9 Å². The Kier molecular flexibility index (Phi) is 14.1. The molecule has 0 bridgehead atoms. The van der Waals surface area contributed by atoms with Crippen molar-refractivity contribution in [2.75, 3.05) is 24.7 Å². The zero-order chi connectivity index (χ0) is 25.3. The van der Waals surface area contributed by atoms with Crippen molar-refractivity contribution in [3.63, 3.8) is 0 Å². The maximum Gasteiger partial charge on any atom is 0.119 e. The molecule has 1 saturated heterocycles. The molecule has 0 radical (unpaired) electrons. The van der Waals surface area contributed by atoms with Crippen molar-refractivity contribution in [3.05, 3.63) is 59.7 Å². The van der Waals surface area contributed by atoms with Crippen molar-refractivity contribution in [2.24, 2.45) is 0 Å². The lowest BCUT2D eigenvalue weighted by atomic mass is 10.0. The first kappa shape index (κ1) is 29.3. The summed E-state index contributed by atoms with van der Waals surface area (Å²) in [7, 11) is 0. The van der Waals surface area contributed by atoms with Gasteiger partial charge in [0, 0.05) is 6.42 Å². The highest BCUT2D eigenvalue weighted by Gasteiger charge is 2.35. The van der Waals surface area contributed by atoms with Crippen molar-refractivity contribution in [1.82, 2.24) is 0 Å². The molecule has 0 aliphatic carbocycles. The van der Waals surface area contributed by atoms with Crippen molar-refractivity contribution in [2.45, 2.75) is 101 Å². The summed E-state index contributed by atoms with van der Waals surface area (Å²) in [5.74, 6) is 4.45. The third-order valence-electron chi connectivity index (χ3n) is 6.90. The van der Waals surface area contributed by atoms with Gasteiger partial charge in [0.15, 0.2) is 0 Å². The van der Waals surface area contributed by atoms with Crippen LogP contribution in [0, 0.1) is 0 Å². The monoisotopic (exact) mass is 528 g/mol. The molecule has 0 saturated carbocycles. The molecular weight excluding hydrogens is 480 g/mol. The second-order valence-electron chi connectivity index (χ2n) is 10.0. The summed E-state index contributed by atoms with van der Waals surface area (Å²) in [5, 5.41) is 0. The zero-order valence-corrected chi connectivity index (χ0v) is 24.4. The number of ether oxygens (including phenoxy) is 2. The average Bonchev–Trinajstić information content (AvgIpc) is 2.92. The SMILES string of the molecule is CCCCCCCCOc1ccc(CC2(c3ccc(OCCCCCCC)cc3)SCCCS2)cc1. The molecule has 3 rings (SSSR count). The van der Waals surface area contributed by atoms with Gasteiger partial charge >= 0.3 is 0 Å². The van der Waals surface area contributed by atoms with Crippen LogP contribution in [-0.2, 0) is 10.5 Å². The van der Waals surface area contributed by atoms with Gasteiger partial charge in [0.2, 0.25) is 0 Å². The summed E-state index contributed by atoms with van der Waals surface area (Å²) in [6, 6.07) is 17.8. The molecule has 0 aromatic heterocycles. The molecule has 2 aromatic carbocycles. The predicted molar refractivity (Wildman–Crippen MR) is 161 cm³/mol. The zero-order valence-electron chi connectivity index (χ0n) is 22.8. The minimum absolute atomic E-state index is 0.0811. The van der Waals surface area contributed by atoms with E-state index in [1.165, 1.54) is 86.8 Å². The van der Waals surface area contributed by atoms with E-state index in [1.54, 1.807) is 0 Å². The molecule has 0 atom stereocenters. The van der Waals surface area contributed by atoms with E-state index >= 15 is 0 Å². The van der Waals surface area contributed by atoms with Crippen LogP contribution in [0.15, 0.2) is 48.5 Å². The fourth-order valence-corrected chi connectivity index (χ4v) is 8.09. The molecule has 1 aliphatic rings. The van der Waals surface area contributed by atoms with E-state index in [1.807, 2.05) is 0 Å². The van der Waals surface area contributed by atoms with E-state index < -0.39 is 0 Å². The van der Waals surface area contributed by atoms with E-state index in [0.29, 0.717) is 0 Å². The highest BCUT2D eigenvalue weighted by atomic mass is 32.2. The molecule has 2 aromatic rings. The highest BCUT2D eigenvalue weighted by Crippen LogP contribution is 2.52. The molecule has 1 fully saturated rings. The summed E-state index contributed by atoms with van der Waals surface area (Å²) >= 11 is 4.23. The Balaban J connectivity index is 1.50. The first-order valence-electron chi connectivity index (χ1n) is 14.5. The third kappa shape index (κ3) is 10.2. The Bertz CT molecular complexity index is 813. The first-order valence-corrected chi connectivity index (χ1v) is 16.5. The van der Waals surface area contributed by atoms with E-state index in [9.17, 15) is 0 Å². The molecule has 200 valence electrons. The van der Waals surface area contributed by atoms with Crippen LogP contribution in [0.25, 0.3) is 0 Å². The van der Waals surface area contributed by atoms with Crippen molar-refractivity contribution >= 4 is 23.5 Å². The highest BCUT2D eigenvalue weighted by molar-refractivity contribution is 8.18. The number of benzene rings is 2. The summed E-state index contributed by atoms with van der Waals surface area (Å²) in [6.45, 7) is 6.18. The summed E-state index contributed by atoms with van der Waals surface area (Å²) < 4.78 is 12.1. The molecule has 0 unspecified atom stereocenters. The molecule has 2 nitrogen and oxygen atoms in total. The quantitative estimate of drug-likeness (QED) is 0.179. The Hall–Kier alpha value is -1.26. The van der Waals surface area contributed by atoms with E-state index in [0.717, 1.165) is 44.0 Å². The molecule has 36 heavy (non-hydrogen) atoms. The lowest BCUT2D eigenvalue weighted by molar-refractivity contribution is 0.304. The number of hydrogen-bond acceptors (Lipinski definition) is 4. The fraction of sp³-hybridized carbons (Fsp3) is 0.625. The first-order chi connectivity index (χ1) is 17.8. The Morgan fingerprint density at radius 2 is 1.08 bits per heavy atom. The summed E-state index contributed by atoms with van der Waals surface area (Å²) in [4.78, 5) is 0. The van der Waals surface area contributed by atoms with E-state index in [-0.39, 0.29) is 4.08 Å². The Morgan fingerprint density at radius 1 is 0.611 bits per heavy atom. The van der Waals surface area contributed by atoms with Crippen LogP contribution in [0.3, 0.4) is 0 Å². The standard InChI is InChI=1S/C32H48O2S2/c1-3-5-7-9-11-13-24-33-30-19-15-28(16-20-30)27-32(35-25-14-26-36-32)29-17-21-31(22-18-29)34-23-12-10-8-6-4-2/h15-22H,3-14,23-27H2,1-2H3. The number of unbranched alkanes of at least 4 members (excludes halogenated alkanes) is 9. The van der Waals surface area contributed by atoms with Crippen LogP contribution < -0.4 is 9.47 Å². The van der Waals surface area contributed by atoms with Crippen molar-refractivity contribution in [3.8, 4) is 11.5 Å². The van der Waals surface area contributed by atoms with Gasteiger partial charge < -0.3 is 9.47 Å². The summed E-state index contributed by atoms with van der Waals surface area (Å²) in [6.07, 6.45) is 16.5. The topological polar surface area (TPSA) is 18.5 Å². The van der Waals surface area contributed by atoms with Gasteiger partial charge in [-0.3, -0.25) is 0 Å². The molecular formula is C32H48O2S2.